The lowest BCUT2D eigenvalue weighted by Crippen LogP contribution is -2.46. The van der Waals surface area contributed by atoms with Crippen LogP contribution in [0.1, 0.15) is 20.3 Å². The average Bonchev–Trinajstić information content (AvgIpc) is 2.80. The summed E-state index contributed by atoms with van der Waals surface area (Å²) >= 11 is 5.90. The lowest BCUT2D eigenvalue weighted by molar-refractivity contribution is -0.135. The maximum absolute atomic E-state index is 12.9. The quantitative estimate of drug-likeness (QED) is 0.820. The molecule has 2 fully saturated rings. The van der Waals surface area contributed by atoms with Crippen molar-refractivity contribution >= 4 is 35.1 Å². The molecule has 0 unspecified atom stereocenters. The average molecular weight is 407 g/mol. The van der Waals surface area contributed by atoms with Gasteiger partial charge in [0.1, 0.15) is 0 Å². The molecule has 4 amide bonds. The molecule has 1 N–H and O–H groups in total. The third-order valence-electron chi connectivity index (χ3n) is 5.41. The molecule has 1 atom stereocenters. The fraction of sp³-hybridized carbons (Fsp3) is 0.550. The Bertz CT molecular complexity index is 767. The molecular weight excluding hydrogens is 380 g/mol. The number of benzene rings is 1. The first kappa shape index (κ1) is 20.5. The molecule has 1 aromatic carbocycles. The summed E-state index contributed by atoms with van der Waals surface area (Å²) in [5, 5.41) is 3.49. The van der Waals surface area contributed by atoms with Gasteiger partial charge in [-0.25, -0.2) is 4.79 Å². The molecule has 1 spiro atoms. The van der Waals surface area contributed by atoms with E-state index in [1.54, 1.807) is 41.1 Å². The highest BCUT2D eigenvalue weighted by Crippen LogP contribution is 2.35. The minimum Gasteiger partial charge on any atom is -0.345 e. The second-order valence-corrected chi connectivity index (χ2v) is 8.64. The lowest BCUT2D eigenvalue weighted by atomic mass is 9.85. The van der Waals surface area contributed by atoms with E-state index in [0.29, 0.717) is 49.9 Å². The van der Waals surface area contributed by atoms with Crippen LogP contribution in [0.15, 0.2) is 24.3 Å². The van der Waals surface area contributed by atoms with Crippen molar-refractivity contribution in [2.45, 2.75) is 20.3 Å². The zero-order valence-electron chi connectivity index (χ0n) is 16.6. The molecule has 8 heteroatoms. The van der Waals surface area contributed by atoms with Crippen LogP contribution in [0.4, 0.5) is 10.5 Å². The van der Waals surface area contributed by atoms with Crippen molar-refractivity contribution in [1.29, 1.82) is 0 Å². The summed E-state index contributed by atoms with van der Waals surface area (Å²) in [5.74, 6) is -0.0143. The summed E-state index contributed by atoms with van der Waals surface area (Å²) in [4.78, 5) is 43.0. The van der Waals surface area contributed by atoms with Gasteiger partial charge in [0.05, 0.1) is 0 Å². The molecular formula is C20H27ClN4O3. The molecule has 2 heterocycles. The number of amides is 4. The van der Waals surface area contributed by atoms with Gasteiger partial charge in [-0.1, -0.05) is 25.4 Å². The SMILES string of the molecule is CC(C)C(=O)N1CCN(C(=O)Nc2ccc(Cl)cc2)C[C@]2(CC(=O)N(C)C2)C1. The van der Waals surface area contributed by atoms with Crippen LogP contribution in [-0.4, -0.2) is 72.3 Å². The van der Waals surface area contributed by atoms with Crippen molar-refractivity contribution in [2.75, 3.05) is 45.1 Å². The summed E-state index contributed by atoms with van der Waals surface area (Å²) in [6.45, 7) is 6.10. The van der Waals surface area contributed by atoms with Gasteiger partial charge in [0.25, 0.3) is 0 Å². The van der Waals surface area contributed by atoms with Crippen molar-refractivity contribution in [3.8, 4) is 0 Å². The van der Waals surface area contributed by atoms with Crippen LogP contribution in [0.25, 0.3) is 0 Å². The Hall–Kier alpha value is -2.28. The molecule has 1 aromatic rings. The number of nitrogens with zero attached hydrogens (tertiary/aromatic N) is 3. The van der Waals surface area contributed by atoms with Crippen LogP contribution < -0.4 is 5.32 Å². The highest BCUT2D eigenvalue weighted by Gasteiger charge is 2.47. The molecule has 0 aromatic heterocycles. The number of rotatable bonds is 2. The fourth-order valence-electron chi connectivity index (χ4n) is 4.04. The number of carbonyl (C=O) groups excluding carboxylic acids is 3. The standard InChI is InChI=1S/C20H27ClN4O3/c1-14(2)18(27)24-8-9-25(13-20(12-24)10-17(26)23(3)11-20)19(28)22-16-6-4-15(21)5-7-16/h4-7,14H,8-13H2,1-3H3,(H,22,28)/t20-/m0/s1. The highest BCUT2D eigenvalue weighted by molar-refractivity contribution is 6.30. The minimum atomic E-state index is -0.440. The summed E-state index contributed by atoms with van der Waals surface area (Å²) in [6.07, 6.45) is 0.343. The number of halogens is 1. The molecule has 2 aliphatic rings. The summed E-state index contributed by atoms with van der Waals surface area (Å²) in [7, 11) is 1.77. The Labute approximate surface area is 170 Å². The summed E-state index contributed by atoms with van der Waals surface area (Å²) in [5.41, 5.74) is 0.215. The predicted molar refractivity (Wildman–Crippen MR) is 108 cm³/mol. The van der Waals surface area contributed by atoms with Gasteiger partial charge in [-0.3, -0.25) is 9.59 Å². The van der Waals surface area contributed by atoms with Gasteiger partial charge in [-0.15, -0.1) is 0 Å². The molecule has 152 valence electrons. The second kappa shape index (κ2) is 7.99. The first-order valence-electron chi connectivity index (χ1n) is 9.53. The Morgan fingerprint density at radius 3 is 2.25 bits per heavy atom. The van der Waals surface area contributed by atoms with Gasteiger partial charge in [-0.05, 0) is 24.3 Å². The number of hydrogen-bond acceptors (Lipinski definition) is 3. The van der Waals surface area contributed by atoms with Crippen molar-refractivity contribution in [1.82, 2.24) is 14.7 Å². The van der Waals surface area contributed by atoms with Crippen LogP contribution >= 0.6 is 11.6 Å². The van der Waals surface area contributed by atoms with E-state index < -0.39 is 5.41 Å². The van der Waals surface area contributed by atoms with E-state index in [9.17, 15) is 14.4 Å². The Kier molecular flexibility index (Phi) is 5.84. The minimum absolute atomic E-state index is 0.0527. The van der Waals surface area contributed by atoms with Gasteiger partial charge in [-0.2, -0.15) is 0 Å². The van der Waals surface area contributed by atoms with E-state index in [2.05, 4.69) is 5.32 Å². The van der Waals surface area contributed by atoms with Crippen molar-refractivity contribution < 1.29 is 14.4 Å². The lowest BCUT2D eigenvalue weighted by Gasteiger charge is -2.33. The molecule has 0 saturated carbocycles. The number of likely N-dealkylation sites (tertiary alicyclic amines) is 1. The maximum atomic E-state index is 12.9. The number of nitrogens with one attached hydrogen (secondary N) is 1. The Balaban J connectivity index is 1.80. The van der Waals surface area contributed by atoms with E-state index in [4.69, 9.17) is 11.6 Å². The van der Waals surface area contributed by atoms with Crippen molar-refractivity contribution in [3.05, 3.63) is 29.3 Å². The molecule has 0 bridgehead atoms. The predicted octanol–water partition coefficient (Wildman–Crippen LogP) is 2.52. The van der Waals surface area contributed by atoms with E-state index in [1.165, 1.54) is 0 Å². The van der Waals surface area contributed by atoms with Gasteiger partial charge in [0, 0.05) is 68.2 Å². The normalized spacial score (nSPS) is 22.8. The van der Waals surface area contributed by atoms with Gasteiger partial charge < -0.3 is 20.0 Å². The number of carbonyl (C=O) groups is 3. The van der Waals surface area contributed by atoms with E-state index in [1.807, 2.05) is 18.7 Å². The monoisotopic (exact) mass is 406 g/mol. The first-order chi connectivity index (χ1) is 13.2. The zero-order chi connectivity index (χ0) is 20.5. The third-order valence-corrected chi connectivity index (χ3v) is 5.66. The van der Waals surface area contributed by atoms with Gasteiger partial charge >= 0.3 is 6.03 Å². The molecule has 28 heavy (non-hydrogen) atoms. The van der Waals surface area contributed by atoms with E-state index in [-0.39, 0.29) is 23.8 Å². The van der Waals surface area contributed by atoms with Gasteiger partial charge in [0.15, 0.2) is 0 Å². The van der Waals surface area contributed by atoms with Gasteiger partial charge in [0.2, 0.25) is 11.8 Å². The fourth-order valence-corrected chi connectivity index (χ4v) is 4.16. The molecule has 0 radical (unpaired) electrons. The molecule has 2 aliphatic heterocycles. The molecule has 0 aliphatic carbocycles. The number of hydrogen-bond donors (Lipinski definition) is 1. The molecule has 3 rings (SSSR count). The third kappa shape index (κ3) is 4.41. The smallest absolute Gasteiger partial charge is 0.321 e. The van der Waals surface area contributed by atoms with Crippen LogP contribution in [0.5, 0.6) is 0 Å². The Morgan fingerprint density at radius 1 is 1.07 bits per heavy atom. The molecule has 7 nitrogen and oxygen atoms in total. The molecule has 2 saturated heterocycles. The van der Waals surface area contributed by atoms with Crippen molar-refractivity contribution in [2.24, 2.45) is 11.3 Å². The van der Waals surface area contributed by atoms with Crippen molar-refractivity contribution in [3.63, 3.8) is 0 Å². The van der Waals surface area contributed by atoms with Crippen LogP contribution in [-0.2, 0) is 9.59 Å². The zero-order valence-corrected chi connectivity index (χ0v) is 17.3. The Morgan fingerprint density at radius 2 is 1.68 bits per heavy atom. The number of urea groups is 1. The number of anilines is 1. The topological polar surface area (TPSA) is 73.0 Å². The highest BCUT2D eigenvalue weighted by atomic mass is 35.5. The van der Waals surface area contributed by atoms with Crippen LogP contribution in [0, 0.1) is 11.3 Å². The largest absolute Gasteiger partial charge is 0.345 e. The summed E-state index contributed by atoms with van der Waals surface area (Å²) < 4.78 is 0. The van der Waals surface area contributed by atoms with Crippen LogP contribution in [0.3, 0.4) is 0 Å². The summed E-state index contributed by atoms with van der Waals surface area (Å²) in [6, 6.07) is 6.69. The van der Waals surface area contributed by atoms with E-state index in [0.717, 1.165) is 0 Å². The maximum Gasteiger partial charge on any atom is 0.321 e. The van der Waals surface area contributed by atoms with Crippen LogP contribution in [0.2, 0.25) is 5.02 Å². The first-order valence-corrected chi connectivity index (χ1v) is 9.91. The van der Waals surface area contributed by atoms with E-state index >= 15 is 0 Å². The second-order valence-electron chi connectivity index (χ2n) is 8.20.